The Morgan fingerprint density at radius 3 is 2.32 bits per heavy atom. The normalized spacial score (nSPS) is 10.6. The van der Waals surface area contributed by atoms with Gasteiger partial charge in [-0.3, -0.25) is 9.36 Å². The van der Waals surface area contributed by atoms with Crippen molar-refractivity contribution in [2.45, 2.75) is 12.1 Å². The number of rotatable bonds is 10. The maximum atomic E-state index is 12.7. The average Bonchev–Trinajstić information content (AvgIpc) is 3.36. The number of carbonyl (C=O) groups is 2. The fraction of sp³-hybridized carbons (Fsp3) is 0.185. The van der Waals surface area contributed by atoms with Crippen LogP contribution in [0.25, 0.3) is 17.1 Å². The number of carbonyl (C=O) groups excluding carboxylic acids is 2. The lowest BCUT2D eigenvalue weighted by Gasteiger charge is -2.13. The highest BCUT2D eigenvalue weighted by Gasteiger charge is 2.20. The number of nitrogens with zero attached hydrogens (tertiary/aromatic N) is 3. The highest BCUT2D eigenvalue weighted by Crippen LogP contribution is 2.33. The Morgan fingerprint density at radius 2 is 1.65 bits per heavy atom. The van der Waals surface area contributed by atoms with Crippen molar-refractivity contribution in [3.05, 3.63) is 78.4 Å². The standard InChI is InChI=1S/C27H26N4O5S/c1-4-36-26(33)18-9-11-19(12-10-18)28-24(32)17-37-27-30-29-25(22-7-5-6-8-23(22)35-3)31(27)20-13-15-21(34-2)16-14-20/h5-16H,4,17H2,1-3H3,(H,28,32). The number of nitrogens with one attached hydrogen (secondary N) is 1. The number of benzene rings is 3. The molecule has 190 valence electrons. The number of hydrogen-bond acceptors (Lipinski definition) is 8. The Labute approximate surface area is 218 Å². The number of methoxy groups -OCH3 is 2. The van der Waals surface area contributed by atoms with E-state index in [1.807, 2.05) is 53.1 Å². The minimum absolute atomic E-state index is 0.0971. The molecule has 1 aromatic heterocycles. The first-order chi connectivity index (χ1) is 18.0. The number of aromatic nitrogens is 3. The second kappa shape index (κ2) is 12.1. The molecule has 0 aliphatic rings. The molecule has 0 radical (unpaired) electrons. The lowest BCUT2D eigenvalue weighted by atomic mass is 10.2. The summed E-state index contributed by atoms with van der Waals surface area (Å²) in [5, 5.41) is 12.2. The molecular formula is C27H26N4O5S. The van der Waals surface area contributed by atoms with Crippen molar-refractivity contribution in [2.75, 3.05) is 31.9 Å². The van der Waals surface area contributed by atoms with Gasteiger partial charge in [0.1, 0.15) is 11.5 Å². The average molecular weight is 519 g/mol. The zero-order chi connectivity index (χ0) is 26.2. The molecule has 1 N–H and O–H groups in total. The fourth-order valence-corrected chi connectivity index (χ4v) is 4.31. The molecule has 0 bridgehead atoms. The van der Waals surface area contributed by atoms with Crippen molar-refractivity contribution in [1.82, 2.24) is 14.8 Å². The molecule has 9 nitrogen and oxygen atoms in total. The lowest BCUT2D eigenvalue weighted by molar-refractivity contribution is -0.113. The van der Waals surface area contributed by atoms with Crippen molar-refractivity contribution in [3.63, 3.8) is 0 Å². The van der Waals surface area contributed by atoms with Crippen LogP contribution in [0, 0.1) is 0 Å². The monoisotopic (exact) mass is 518 g/mol. The van der Waals surface area contributed by atoms with E-state index in [0.717, 1.165) is 17.0 Å². The first kappa shape index (κ1) is 25.8. The van der Waals surface area contributed by atoms with Crippen LogP contribution in [0.5, 0.6) is 11.5 Å². The Balaban J connectivity index is 1.55. The van der Waals surface area contributed by atoms with Gasteiger partial charge in [0.25, 0.3) is 0 Å². The van der Waals surface area contributed by atoms with E-state index < -0.39 is 5.97 Å². The van der Waals surface area contributed by atoms with Crippen LogP contribution < -0.4 is 14.8 Å². The Kier molecular flexibility index (Phi) is 8.42. The predicted molar refractivity (Wildman–Crippen MR) is 142 cm³/mol. The topological polar surface area (TPSA) is 105 Å². The molecule has 3 aromatic carbocycles. The third kappa shape index (κ3) is 6.10. The molecule has 0 saturated carbocycles. The van der Waals surface area contributed by atoms with Crippen LogP contribution in [0.3, 0.4) is 0 Å². The van der Waals surface area contributed by atoms with E-state index in [2.05, 4.69) is 15.5 Å². The summed E-state index contributed by atoms with van der Waals surface area (Å²) in [5.41, 5.74) is 2.58. The van der Waals surface area contributed by atoms with E-state index in [-0.39, 0.29) is 11.7 Å². The summed E-state index contributed by atoms with van der Waals surface area (Å²) in [7, 11) is 3.21. The van der Waals surface area contributed by atoms with Gasteiger partial charge in [-0.2, -0.15) is 0 Å². The Bertz CT molecular complexity index is 1370. The predicted octanol–water partition coefficient (Wildman–Crippen LogP) is 4.86. The third-order valence-electron chi connectivity index (χ3n) is 5.32. The molecule has 4 rings (SSSR count). The largest absolute Gasteiger partial charge is 0.497 e. The minimum atomic E-state index is -0.403. The van der Waals surface area contributed by atoms with Crippen molar-refractivity contribution >= 4 is 29.3 Å². The smallest absolute Gasteiger partial charge is 0.338 e. The van der Waals surface area contributed by atoms with Gasteiger partial charge in [-0.1, -0.05) is 23.9 Å². The molecule has 0 aliphatic heterocycles. The van der Waals surface area contributed by atoms with E-state index >= 15 is 0 Å². The van der Waals surface area contributed by atoms with Crippen LogP contribution in [0.1, 0.15) is 17.3 Å². The number of ether oxygens (including phenoxy) is 3. The molecular weight excluding hydrogens is 492 g/mol. The van der Waals surface area contributed by atoms with Gasteiger partial charge in [0.15, 0.2) is 11.0 Å². The van der Waals surface area contributed by atoms with Crippen LogP contribution >= 0.6 is 11.8 Å². The summed E-state index contributed by atoms with van der Waals surface area (Å²) < 4.78 is 17.7. The van der Waals surface area contributed by atoms with E-state index in [9.17, 15) is 9.59 Å². The van der Waals surface area contributed by atoms with Gasteiger partial charge in [-0.25, -0.2) is 4.79 Å². The molecule has 1 heterocycles. The van der Waals surface area contributed by atoms with Crippen LogP contribution in [0.4, 0.5) is 5.69 Å². The molecule has 0 saturated heterocycles. The Morgan fingerprint density at radius 1 is 0.919 bits per heavy atom. The summed E-state index contributed by atoms with van der Waals surface area (Å²) in [4.78, 5) is 24.5. The molecule has 0 fully saturated rings. The van der Waals surface area contributed by atoms with Crippen LogP contribution in [-0.4, -0.2) is 53.2 Å². The lowest BCUT2D eigenvalue weighted by Crippen LogP contribution is -2.15. The van der Waals surface area contributed by atoms with Gasteiger partial charge in [0, 0.05) is 5.69 Å². The summed E-state index contributed by atoms with van der Waals surface area (Å²) in [6.07, 6.45) is 0. The second-order valence-electron chi connectivity index (χ2n) is 7.67. The van der Waals surface area contributed by atoms with Crippen LogP contribution in [-0.2, 0) is 9.53 Å². The number of hydrogen-bond donors (Lipinski definition) is 1. The maximum Gasteiger partial charge on any atom is 0.338 e. The molecule has 0 aliphatic carbocycles. The number of anilines is 1. The number of para-hydroxylation sites is 1. The van der Waals surface area contributed by atoms with Crippen molar-refractivity contribution < 1.29 is 23.8 Å². The van der Waals surface area contributed by atoms with E-state index in [4.69, 9.17) is 14.2 Å². The summed E-state index contributed by atoms with van der Waals surface area (Å²) >= 11 is 1.25. The maximum absolute atomic E-state index is 12.7. The van der Waals surface area contributed by atoms with Gasteiger partial charge in [0.05, 0.1) is 43.4 Å². The molecule has 1 amide bonds. The van der Waals surface area contributed by atoms with Gasteiger partial charge < -0.3 is 19.5 Å². The van der Waals surface area contributed by atoms with Crippen molar-refractivity contribution in [3.8, 4) is 28.6 Å². The molecule has 10 heteroatoms. The van der Waals surface area contributed by atoms with Crippen LogP contribution in [0.15, 0.2) is 78.0 Å². The van der Waals surface area contributed by atoms with Gasteiger partial charge in [-0.15, -0.1) is 10.2 Å². The zero-order valence-corrected chi connectivity index (χ0v) is 21.5. The molecule has 0 spiro atoms. The highest BCUT2D eigenvalue weighted by molar-refractivity contribution is 7.99. The zero-order valence-electron chi connectivity index (χ0n) is 20.6. The quantitative estimate of drug-likeness (QED) is 0.234. The summed E-state index contributed by atoms with van der Waals surface area (Å²) in [5.74, 6) is 1.43. The van der Waals surface area contributed by atoms with Crippen molar-refractivity contribution in [1.29, 1.82) is 0 Å². The van der Waals surface area contributed by atoms with Gasteiger partial charge >= 0.3 is 5.97 Å². The first-order valence-corrected chi connectivity index (χ1v) is 12.5. The number of amides is 1. The number of esters is 1. The molecule has 4 aromatic rings. The SMILES string of the molecule is CCOC(=O)c1ccc(NC(=O)CSc2nnc(-c3ccccc3OC)n2-c2ccc(OC)cc2)cc1. The van der Waals surface area contributed by atoms with Crippen LogP contribution in [0.2, 0.25) is 0 Å². The summed E-state index contributed by atoms with van der Waals surface area (Å²) in [6, 6.07) is 21.6. The molecule has 37 heavy (non-hydrogen) atoms. The summed E-state index contributed by atoms with van der Waals surface area (Å²) in [6.45, 7) is 2.05. The molecule has 0 atom stereocenters. The first-order valence-electron chi connectivity index (χ1n) is 11.5. The fourth-order valence-electron chi connectivity index (χ4n) is 3.56. The van der Waals surface area contributed by atoms with Gasteiger partial charge in [-0.05, 0) is 67.6 Å². The minimum Gasteiger partial charge on any atom is -0.497 e. The second-order valence-corrected chi connectivity index (χ2v) is 8.62. The Hall–Kier alpha value is -4.31. The number of thioether (sulfide) groups is 1. The molecule has 0 unspecified atom stereocenters. The van der Waals surface area contributed by atoms with E-state index in [1.54, 1.807) is 45.4 Å². The van der Waals surface area contributed by atoms with Crippen molar-refractivity contribution in [2.24, 2.45) is 0 Å². The van der Waals surface area contributed by atoms with E-state index in [0.29, 0.717) is 34.6 Å². The van der Waals surface area contributed by atoms with E-state index in [1.165, 1.54) is 11.8 Å². The third-order valence-corrected chi connectivity index (χ3v) is 6.25. The van der Waals surface area contributed by atoms with Gasteiger partial charge in [0.2, 0.25) is 5.91 Å². The highest BCUT2D eigenvalue weighted by atomic mass is 32.2.